The van der Waals surface area contributed by atoms with Gasteiger partial charge in [0.2, 0.25) is 5.95 Å². The Hall–Kier alpha value is -1.75. The number of nitrogens with zero attached hydrogens (tertiary/aromatic N) is 4. The van der Waals surface area contributed by atoms with Crippen molar-refractivity contribution in [1.29, 1.82) is 0 Å². The van der Waals surface area contributed by atoms with Gasteiger partial charge >= 0.3 is 11.9 Å². The van der Waals surface area contributed by atoms with Gasteiger partial charge in [-0.1, -0.05) is 11.6 Å². The lowest BCUT2D eigenvalue weighted by molar-refractivity contribution is -0.385. The molecule has 12 heteroatoms. The van der Waals surface area contributed by atoms with Crippen molar-refractivity contribution >= 4 is 33.2 Å². The van der Waals surface area contributed by atoms with Crippen LogP contribution in [0.1, 0.15) is 5.56 Å². The van der Waals surface area contributed by atoms with Crippen LogP contribution in [0.15, 0.2) is 16.9 Å². The molecular formula is C9H2BrClF4N4O2. The number of pyridine rings is 1. The summed E-state index contributed by atoms with van der Waals surface area (Å²) in [6.45, 7) is 0. The Balaban J connectivity index is 2.62. The predicted molar refractivity (Wildman–Crippen MR) is 65.7 cm³/mol. The zero-order chi connectivity index (χ0) is 15.9. The van der Waals surface area contributed by atoms with Gasteiger partial charge in [-0.2, -0.15) is 32.3 Å². The van der Waals surface area contributed by atoms with Gasteiger partial charge in [0.05, 0.1) is 9.95 Å². The lowest BCUT2D eigenvalue weighted by atomic mass is 10.2. The second-order valence-electron chi connectivity index (χ2n) is 3.62. The molecule has 0 spiro atoms. The first-order valence-corrected chi connectivity index (χ1v) is 6.11. The fourth-order valence-electron chi connectivity index (χ4n) is 1.40. The van der Waals surface area contributed by atoms with Crippen LogP contribution < -0.4 is 0 Å². The van der Waals surface area contributed by atoms with Crippen LogP contribution in [-0.4, -0.2) is 19.7 Å². The summed E-state index contributed by atoms with van der Waals surface area (Å²) in [4.78, 5) is 12.9. The van der Waals surface area contributed by atoms with E-state index in [0.717, 1.165) is 6.20 Å². The second kappa shape index (κ2) is 5.22. The van der Waals surface area contributed by atoms with E-state index in [9.17, 15) is 27.7 Å². The van der Waals surface area contributed by atoms with Crippen LogP contribution in [0.25, 0.3) is 5.82 Å². The van der Waals surface area contributed by atoms with Crippen LogP contribution in [0, 0.1) is 16.1 Å². The lowest BCUT2D eigenvalue weighted by Crippen LogP contribution is -2.12. The summed E-state index contributed by atoms with van der Waals surface area (Å²) in [5.41, 5.74) is -2.12. The highest BCUT2D eigenvalue weighted by Gasteiger charge is 2.36. The third kappa shape index (κ3) is 2.83. The average molecular weight is 389 g/mol. The number of hydrogen-bond acceptors (Lipinski definition) is 4. The third-order valence-electron chi connectivity index (χ3n) is 2.31. The lowest BCUT2D eigenvalue weighted by Gasteiger charge is -2.10. The molecule has 0 aliphatic rings. The summed E-state index contributed by atoms with van der Waals surface area (Å²) in [6, 6.07) is 0.333. The topological polar surface area (TPSA) is 73.8 Å². The molecule has 0 bridgehead atoms. The van der Waals surface area contributed by atoms with Crippen LogP contribution in [0.5, 0.6) is 0 Å². The maximum Gasteiger partial charge on any atom is 0.420 e. The van der Waals surface area contributed by atoms with Crippen molar-refractivity contribution in [2.24, 2.45) is 0 Å². The second-order valence-corrected chi connectivity index (χ2v) is 4.78. The van der Waals surface area contributed by atoms with Gasteiger partial charge in [-0.3, -0.25) is 10.1 Å². The van der Waals surface area contributed by atoms with Gasteiger partial charge in [0.25, 0.3) is 0 Å². The molecule has 2 heterocycles. The SMILES string of the molecule is O=[N+]([O-])c1cnn(-c2nc(F)c(C(F)(F)F)cc2Cl)c1Br. The van der Waals surface area contributed by atoms with E-state index in [1.807, 2.05) is 0 Å². The van der Waals surface area contributed by atoms with Gasteiger partial charge < -0.3 is 0 Å². The Labute approximate surface area is 126 Å². The molecule has 0 atom stereocenters. The minimum atomic E-state index is -4.97. The molecule has 0 N–H and O–H groups in total. The number of aromatic nitrogens is 3. The largest absolute Gasteiger partial charge is 0.420 e. The number of alkyl halides is 3. The van der Waals surface area contributed by atoms with E-state index in [4.69, 9.17) is 11.6 Å². The number of halogens is 6. The van der Waals surface area contributed by atoms with E-state index >= 15 is 0 Å². The van der Waals surface area contributed by atoms with E-state index in [2.05, 4.69) is 26.0 Å². The van der Waals surface area contributed by atoms with Gasteiger partial charge in [-0.15, -0.1) is 0 Å². The van der Waals surface area contributed by atoms with E-state index in [-0.39, 0.29) is 4.60 Å². The molecule has 0 aliphatic carbocycles. The molecule has 0 amide bonds. The summed E-state index contributed by atoms with van der Waals surface area (Å²) in [5, 5.41) is 13.6. The summed E-state index contributed by atoms with van der Waals surface area (Å²) >= 11 is 8.44. The molecule has 112 valence electrons. The van der Waals surface area contributed by atoms with Gasteiger partial charge in [-0.25, -0.2) is 0 Å². The number of rotatable bonds is 2. The molecule has 0 unspecified atom stereocenters. The highest BCUT2D eigenvalue weighted by Crippen LogP contribution is 2.35. The van der Waals surface area contributed by atoms with Crippen molar-refractivity contribution in [2.75, 3.05) is 0 Å². The molecule has 0 radical (unpaired) electrons. The van der Waals surface area contributed by atoms with Gasteiger partial charge in [0.1, 0.15) is 11.8 Å². The Morgan fingerprint density at radius 3 is 2.52 bits per heavy atom. The summed E-state index contributed by atoms with van der Waals surface area (Å²) in [6.07, 6.45) is -4.15. The van der Waals surface area contributed by atoms with E-state index in [1.165, 1.54) is 0 Å². The van der Waals surface area contributed by atoms with E-state index < -0.39 is 39.1 Å². The van der Waals surface area contributed by atoms with Crippen LogP contribution in [0.4, 0.5) is 23.2 Å². The monoisotopic (exact) mass is 388 g/mol. The number of hydrogen-bond donors (Lipinski definition) is 0. The summed E-state index contributed by atoms with van der Waals surface area (Å²) in [5.74, 6) is -2.32. The van der Waals surface area contributed by atoms with Crippen molar-refractivity contribution in [3.05, 3.63) is 43.5 Å². The normalized spacial score (nSPS) is 11.7. The fourth-order valence-corrected chi connectivity index (χ4v) is 2.14. The van der Waals surface area contributed by atoms with E-state index in [1.54, 1.807) is 0 Å². The maximum absolute atomic E-state index is 13.4. The molecule has 21 heavy (non-hydrogen) atoms. The maximum atomic E-state index is 13.4. The Bertz CT molecular complexity index is 733. The molecule has 2 aromatic heterocycles. The standard InChI is InChI=1S/C9H2BrClF4N4O2/c10-6-5(19(20)21)2-16-18(6)8-4(11)1-3(7(12)17-8)9(13,14)15/h1-2H. The highest BCUT2D eigenvalue weighted by molar-refractivity contribution is 9.10. The minimum Gasteiger partial charge on any atom is -0.258 e. The first kappa shape index (κ1) is 15.6. The molecule has 6 nitrogen and oxygen atoms in total. The van der Waals surface area contributed by atoms with Gasteiger partial charge in [0.15, 0.2) is 10.4 Å². The van der Waals surface area contributed by atoms with Crippen molar-refractivity contribution in [2.45, 2.75) is 6.18 Å². The molecule has 0 aromatic carbocycles. The van der Waals surface area contributed by atoms with Gasteiger partial charge in [0, 0.05) is 0 Å². The highest BCUT2D eigenvalue weighted by atomic mass is 79.9. The average Bonchev–Trinajstić information content (AvgIpc) is 2.72. The first-order valence-electron chi connectivity index (χ1n) is 4.94. The molecule has 2 aromatic rings. The molecule has 0 aliphatic heterocycles. The smallest absolute Gasteiger partial charge is 0.258 e. The zero-order valence-electron chi connectivity index (χ0n) is 9.53. The molecule has 0 fully saturated rings. The fraction of sp³-hybridized carbons (Fsp3) is 0.111. The summed E-state index contributed by atoms with van der Waals surface area (Å²) < 4.78 is 51.4. The zero-order valence-corrected chi connectivity index (χ0v) is 11.9. The van der Waals surface area contributed by atoms with Crippen molar-refractivity contribution in [3.63, 3.8) is 0 Å². The van der Waals surface area contributed by atoms with Gasteiger partial charge in [-0.05, 0) is 22.0 Å². The molecule has 0 saturated heterocycles. The predicted octanol–water partition coefficient (Wildman–Crippen LogP) is 3.75. The molecule has 0 saturated carbocycles. The first-order chi connectivity index (χ1) is 9.62. The van der Waals surface area contributed by atoms with Crippen molar-refractivity contribution < 1.29 is 22.5 Å². The van der Waals surface area contributed by atoms with Crippen molar-refractivity contribution in [1.82, 2.24) is 14.8 Å². The van der Waals surface area contributed by atoms with Crippen LogP contribution in [0.3, 0.4) is 0 Å². The Morgan fingerprint density at radius 2 is 2.05 bits per heavy atom. The van der Waals surface area contributed by atoms with Crippen molar-refractivity contribution in [3.8, 4) is 5.82 Å². The minimum absolute atomic E-state index is 0.235. The Morgan fingerprint density at radius 1 is 1.43 bits per heavy atom. The Kier molecular flexibility index (Phi) is 3.89. The summed E-state index contributed by atoms with van der Waals surface area (Å²) in [7, 11) is 0. The van der Waals surface area contributed by atoms with Crippen LogP contribution in [-0.2, 0) is 6.18 Å². The quantitative estimate of drug-likeness (QED) is 0.339. The molecule has 2 rings (SSSR count). The van der Waals surface area contributed by atoms with Crippen LogP contribution >= 0.6 is 27.5 Å². The molecular weight excluding hydrogens is 387 g/mol. The third-order valence-corrected chi connectivity index (χ3v) is 3.33. The number of nitro groups is 1. The van der Waals surface area contributed by atoms with Crippen LogP contribution in [0.2, 0.25) is 5.02 Å². The van der Waals surface area contributed by atoms with E-state index in [0.29, 0.717) is 10.7 Å².